The first-order chi connectivity index (χ1) is 8.81. The van der Waals surface area contributed by atoms with E-state index in [0.717, 1.165) is 12.1 Å². The molecule has 4 heteroatoms. The number of nitriles is 1. The summed E-state index contributed by atoms with van der Waals surface area (Å²) in [6.07, 6.45) is 5.28. The number of nitrogens with one attached hydrogen (secondary N) is 1. The van der Waals surface area contributed by atoms with E-state index in [0.29, 0.717) is 12.2 Å². The van der Waals surface area contributed by atoms with Gasteiger partial charge in [-0.25, -0.2) is 4.98 Å². The molecule has 2 aromatic heterocycles. The summed E-state index contributed by atoms with van der Waals surface area (Å²) >= 11 is 0. The van der Waals surface area contributed by atoms with E-state index < -0.39 is 0 Å². The number of hydrogen-bond acceptors (Lipinski definition) is 4. The fourth-order valence-electron chi connectivity index (χ4n) is 1.70. The zero-order chi connectivity index (χ0) is 12.8. The minimum atomic E-state index is 0.480. The molecule has 0 aliphatic rings. The molecule has 0 unspecified atom stereocenters. The molecule has 2 heterocycles. The van der Waals surface area contributed by atoms with E-state index in [1.807, 2.05) is 24.4 Å². The molecule has 0 bridgehead atoms. The second kappa shape index (κ2) is 5.89. The van der Waals surface area contributed by atoms with Crippen LogP contribution in [0.15, 0.2) is 36.8 Å². The second-order valence-electron chi connectivity index (χ2n) is 4.03. The van der Waals surface area contributed by atoms with Gasteiger partial charge in [-0.2, -0.15) is 5.26 Å². The second-order valence-corrected chi connectivity index (χ2v) is 4.03. The van der Waals surface area contributed by atoms with Crippen LogP contribution in [-0.4, -0.2) is 9.97 Å². The molecular formula is C14H14N4. The topological polar surface area (TPSA) is 61.6 Å². The lowest BCUT2D eigenvalue weighted by Crippen LogP contribution is -2.14. The molecule has 4 nitrogen and oxygen atoms in total. The van der Waals surface area contributed by atoms with Gasteiger partial charge in [-0.1, -0.05) is 6.07 Å². The van der Waals surface area contributed by atoms with Crippen molar-refractivity contribution in [1.82, 2.24) is 15.3 Å². The van der Waals surface area contributed by atoms with E-state index in [2.05, 4.69) is 28.3 Å². The highest BCUT2D eigenvalue weighted by Gasteiger charge is 2.02. The quantitative estimate of drug-likeness (QED) is 0.884. The average molecular weight is 238 g/mol. The zero-order valence-corrected chi connectivity index (χ0v) is 10.2. The number of pyridine rings is 2. The molecule has 0 amide bonds. The highest BCUT2D eigenvalue weighted by molar-refractivity contribution is 5.30. The number of rotatable bonds is 4. The molecule has 2 aromatic rings. The van der Waals surface area contributed by atoms with E-state index in [9.17, 15) is 0 Å². The minimum Gasteiger partial charge on any atom is -0.308 e. The van der Waals surface area contributed by atoms with Crippen LogP contribution in [0.5, 0.6) is 0 Å². The van der Waals surface area contributed by atoms with Gasteiger partial charge < -0.3 is 5.32 Å². The van der Waals surface area contributed by atoms with Gasteiger partial charge in [0.15, 0.2) is 0 Å². The largest absolute Gasteiger partial charge is 0.308 e. The van der Waals surface area contributed by atoms with E-state index >= 15 is 0 Å². The first kappa shape index (κ1) is 12.2. The fourth-order valence-corrected chi connectivity index (χ4v) is 1.70. The Hall–Kier alpha value is -2.25. The summed E-state index contributed by atoms with van der Waals surface area (Å²) < 4.78 is 0. The van der Waals surface area contributed by atoms with Gasteiger partial charge in [0.1, 0.15) is 11.8 Å². The van der Waals surface area contributed by atoms with Crippen LogP contribution in [-0.2, 0) is 13.1 Å². The van der Waals surface area contributed by atoms with Crippen LogP contribution in [0.4, 0.5) is 0 Å². The molecule has 0 aliphatic carbocycles. The monoisotopic (exact) mass is 238 g/mol. The Morgan fingerprint density at radius 3 is 2.83 bits per heavy atom. The first-order valence-corrected chi connectivity index (χ1v) is 5.75. The summed E-state index contributed by atoms with van der Waals surface area (Å²) in [5, 5.41) is 12.2. The van der Waals surface area contributed by atoms with E-state index in [4.69, 9.17) is 5.26 Å². The van der Waals surface area contributed by atoms with Gasteiger partial charge in [0.2, 0.25) is 0 Å². The normalized spacial score (nSPS) is 10.0. The van der Waals surface area contributed by atoms with Crippen molar-refractivity contribution >= 4 is 0 Å². The number of hydrogen-bond donors (Lipinski definition) is 1. The van der Waals surface area contributed by atoms with Crippen molar-refractivity contribution in [3.63, 3.8) is 0 Å². The Labute approximate surface area is 106 Å². The van der Waals surface area contributed by atoms with Crippen molar-refractivity contribution in [3.8, 4) is 6.07 Å². The lowest BCUT2D eigenvalue weighted by molar-refractivity contribution is 0.685. The summed E-state index contributed by atoms with van der Waals surface area (Å²) in [4.78, 5) is 8.13. The molecule has 0 spiro atoms. The summed E-state index contributed by atoms with van der Waals surface area (Å²) in [6.45, 7) is 3.42. The molecule has 2 rings (SSSR count). The van der Waals surface area contributed by atoms with Gasteiger partial charge in [-0.3, -0.25) is 4.98 Å². The van der Waals surface area contributed by atoms with Gasteiger partial charge >= 0.3 is 0 Å². The molecule has 0 aliphatic heterocycles. The summed E-state index contributed by atoms with van der Waals surface area (Å²) in [6, 6.07) is 7.83. The van der Waals surface area contributed by atoms with Crippen LogP contribution in [0.25, 0.3) is 0 Å². The molecular weight excluding hydrogens is 224 g/mol. The minimum absolute atomic E-state index is 0.480. The molecule has 0 fully saturated rings. The summed E-state index contributed by atoms with van der Waals surface area (Å²) in [5.74, 6) is 0. The lowest BCUT2D eigenvalue weighted by Gasteiger charge is -2.07. The van der Waals surface area contributed by atoms with Crippen LogP contribution < -0.4 is 5.32 Å². The predicted molar refractivity (Wildman–Crippen MR) is 68.5 cm³/mol. The van der Waals surface area contributed by atoms with Gasteiger partial charge in [-0.05, 0) is 30.2 Å². The number of aryl methyl sites for hydroxylation is 1. The maximum Gasteiger partial charge on any atom is 0.144 e. The van der Waals surface area contributed by atoms with Gasteiger partial charge in [0.25, 0.3) is 0 Å². The smallest absolute Gasteiger partial charge is 0.144 e. The van der Waals surface area contributed by atoms with E-state index in [1.54, 1.807) is 12.4 Å². The predicted octanol–water partition coefficient (Wildman–Crippen LogP) is 1.95. The van der Waals surface area contributed by atoms with Crippen LogP contribution in [0, 0.1) is 18.3 Å². The Morgan fingerprint density at radius 1 is 1.22 bits per heavy atom. The Balaban J connectivity index is 1.97. The standard InChI is InChI=1S/C14H14N4/c1-11-4-6-16-9-13(11)10-17-8-12-3-2-5-18-14(12)7-15/h2-6,9,17H,8,10H2,1H3. The average Bonchev–Trinajstić information content (AvgIpc) is 2.41. The van der Waals surface area contributed by atoms with Crippen molar-refractivity contribution in [2.24, 2.45) is 0 Å². The molecule has 1 N–H and O–H groups in total. The summed E-state index contributed by atoms with van der Waals surface area (Å²) in [7, 11) is 0. The molecule has 0 aromatic carbocycles. The van der Waals surface area contributed by atoms with Crippen LogP contribution in [0.1, 0.15) is 22.4 Å². The van der Waals surface area contributed by atoms with E-state index in [1.165, 1.54) is 11.1 Å². The Kier molecular flexibility index (Phi) is 4.00. The first-order valence-electron chi connectivity index (χ1n) is 5.75. The van der Waals surface area contributed by atoms with Gasteiger partial charge in [0.05, 0.1) is 0 Å². The Bertz CT molecular complexity index is 572. The van der Waals surface area contributed by atoms with Gasteiger partial charge in [0, 0.05) is 37.2 Å². The molecule has 90 valence electrons. The highest BCUT2D eigenvalue weighted by Crippen LogP contribution is 2.06. The zero-order valence-electron chi connectivity index (χ0n) is 10.2. The molecule has 18 heavy (non-hydrogen) atoms. The van der Waals surface area contributed by atoms with Crippen molar-refractivity contribution in [2.45, 2.75) is 20.0 Å². The van der Waals surface area contributed by atoms with E-state index in [-0.39, 0.29) is 0 Å². The number of aromatic nitrogens is 2. The van der Waals surface area contributed by atoms with Crippen molar-refractivity contribution in [1.29, 1.82) is 5.26 Å². The van der Waals surface area contributed by atoms with Crippen LogP contribution >= 0.6 is 0 Å². The van der Waals surface area contributed by atoms with Gasteiger partial charge in [-0.15, -0.1) is 0 Å². The third-order valence-electron chi connectivity index (χ3n) is 2.78. The Morgan fingerprint density at radius 2 is 2.06 bits per heavy atom. The molecule has 0 saturated heterocycles. The number of nitrogens with zero attached hydrogens (tertiary/aromatic N) is 3. The highest BCUT2D eigenvalue weighted by atomic mass is 14.9. The van der Waals surface area contributed by atoms with Crippen molar-refractivity contribution in [3.05, 3.63) is 59.2 Å². The maximum atomic E-state index is 8.93. The molecule has 0 atom stereocenters. The third kappa shape index (κ3) is 2.90. The maximum absolute atomic E-state index is 8.93. The molecule has 0 radical (unpaired) electrons. The fraction of sp³-hybridized carbons (Fsp3) is 0.214. The summed E-state index contributed by atoms with van der Waals surface area (Å²) in [5.41, 5.74) is 3.78. The SMILES string of the molecule is Cc1ccncc1CNCc1cccnc1C#N. The van der Waals surface area contributed by atoms with Crippen LogP contribution in [0.3, 0.4) is 0 Å². The van der Waals surface area contributed by atoms with Crippen molar-refractivity contribution < 1.29 is 0 Å². The van der Waals surface area contributed by atoms with Crippen LogP contribution in [0.2, 0.25) is 0 Å². The third-order valence-corrected chi connectivity index (χ3v) is 2.78. The van der Waals surface area contributed by atoms with Crippen molar-refractivity contribution in [2.75, 3.05) is 0 Å². The lowest BCUT2D eigenvalue weighted by atomic mass is 10.1. The molecule has 0 saturated carbocycles.